The molecule has 3 rings (SSSR count). The Bertz CT molecular complexity index is 807. The van der Waals surface area contributed by atoms with Gasteiger partial charge in [-0.05, 0) is 50.3 Å². The van der Waals surface area contributed by atoms with Gasteiger partial charge in [0.25, 0.3) is 0 Å². The highest BCUT2D eigenvalue weighted by Gasteiger charge is 2.18. The van der Waals surface area contributed by atoms with Crippen LogP contribution >= 0.6 is 0 Å². The minimum Gasteiger partial charge on any atom is -0.482 e. The van der Waals surface area contributed by atoms with E-state index < -0.39 is 5.97 Å². The highest BCUT2D eigenvalue weighted by molar-refractivity contribution is 5.83. The zero-order chi connectivity index (χ0) is 17.6. The molecule has 134 valence electrons. The van der Waals surface area contributed by atoms with Crippen LogP contribution in [0.15, 0.2) is 27.4 Å². The first kappa shape index (κ1) is 17.5. The molecule has 0 atom stereocenters. The van der Waals surface area contributed by atoms with Crippen molar-refractivity contribution in [3.8, 4) is 5.75 Å². The molecule has 6 heteroatoms. The molecule has 0 saturated heterocycles. The lowest BCUT2D eigenvalue weighted by Crippen LogP contribution is -2.18. The van der Waals surface area contributed by atoms with Crippen molar-refractivity contribution >= 4 is 16.9 Å². The number of rotatable bonds is 7. The summed E-state index contributed by atoms with van der Waals surface area (Å²) in [5.74, 6) is -0.000128. The van der Waals surface area contributed by atoms with Crippen molar-refractivity contribution in [1.29, 1.82) is 0 Å². The third kappa shape index (κ3) is 4.20. The van der Waals surface area contributed by atoms with E-state index in [4.69, 9.17) is 18.6 Å². The van der Waals surface area contributed by atoms with Crippen LogP contribution in [0, 0.1) is 0 Å². The van der Waals surface area contributed by atoms with E-state index in [0.29, 0.717) is 24.5 Å². The van der Waals surface area contributed by atoms with E-state index in [9.17, 15) is 9.59 Å². The van der Waals surface area contributed by atoms with Gasteiger partial charge in [-0.15, -0.1) is 0 Å². The highest BCUT2D eigenvalue weighted by Crippen LogP contribution is 2.29. The van der Waals surface area contributed by atoms with Crippen LogP contribution in [0.25, 0.3) is 11.0 Å². The number of carbonyl (C=O) groups excluding carboxylic acids is 1. The summed E-state index contributed by atoms with van der Waals surface area (Å²) in [5, 5.41) is 0.945. The van der Waals surface area contributed by atoms with Crippen molar-refractivity contribution in [2.45, 2.75) is 32.6 Å². The number of aryl methyl sites for hydroxylation is 1. The molecule has 1 aliphatic carbocycles. The van der Waals surface area contributed by atoms with Gasteiger partial charge in [0.1, 0.15) is 17.9 Å². The summed E-state index contributed by atoms with van der Waals surface area (Å²) in [4.78, 5) is 23.7. The monoisotopic (exact) mass is 346 g/mol. The number of benzene rings is 1. The van der Waals surface area contributed by atoms with Gasteiger partial charge in [-0.2, -0.15) is 0 Å². The quantitative estimate of drug-likeness (QED) is 0.436. The van der Waals surface area contributed by atoms with E-state index in [2.05, 4.69) is 0 Å². The normalized spacial score (nSPS) is 13.5. The van der Waals surface area contributed by atoms with E-state index in [1.807, 2.05) is 13.0 Å². The predicted octanol–water partition coefficient (Wildman–Crippen LogP) is 2.63. The predicted molar refractivity (Wildman–Crippen MR) is 92.1 cm³/mol. The number of hydrogen-bond donors (Lipinski definition) is 0. The number of fused-ring (bicyclic) bond motifs is 3. The van der Waals surface area contributed by atoms with Gasteiger partial charge in [0, 0.05) is 23.6 Å². The largest absolute Gasteiger partial charge is 0.482 e. The number of esters is 1. The highest BCUT2D eigenvalue weighted by atomic mass is 16.6. The van der Waals surface area contributed by atoms with E-state index >= 15 is 0 Å². The van der Waals surface area contributed by atoms with Crippen molar-refractivity contribution in [2.75, 3.05) is 26.4 Å². The molecule has 1 aliphatic rings. The first-order valence-corrected chi connectivity index (χ1v) is 8.64. The molecule has 1 heterocycles. The number of hydrogen-bond acceptors (Lipinski definition) is 6. The zero-order valence-corrected chi connectivity index (χ0v) is 14.3. The molecule has 2 aromatic rings. The summed E-state index contributed by atoms with van der Waals surface area (Å²) in [6, 6.07) is 5.32. The Labute approximate surface area is 145 Å². The molecule has 0 aliphatic heterocycles. The SMILES string of the molecule is CCOCCOC(=O)COc1ccc2c3c(c(=O)oc2c1)CCCC3. The second-order valence-electron chi connectivity index (χ2n) is 5.92. The summed E-state index contributed by atoms with van der Waals surface area (Å²) < 4.78 is 20.9. The second kappa shape index (κ2) is 8.16. The summed E-state index contributed by atoms with van der Waals surface area (Å²) >= 11 is 0. The molecule has 0 N–H and O–H groups in total. The fraction of sp³-hybridized carbons (Fsp3) is 0.474. The van der Waals surface area contributed by atoms with Crippen molar-refractivity contribution in [2.24, 2.45) is 0 Å². The Morgan fingerprint density at radius 1 is 1.16 bits per heavy atom. The molecule has 1 aromatic carbocycles. The van der Waals surface area contributed by atoms with Crippen LogP contribution in [0.1, 0.15) is 30.9 Å². The van der Waals surface area contributed by atoms with Gasteiger partial charge in [0.05, 0.1) is 6.61 Å². The Hall–Kier alpha value is -2.34. The molecule has 1 aromatic heterocycles. The van der Waals surface area contributed by atoms with E-state index in [1.54, 1.807) is 12.1 Å². The summed E-state index contributed by atoms with van der Waals surface area (Å²) in [5.41, 5.74) is 2.10. The average molecular weight is 346 g/mol. The van der Waals surface area contributed by atoms with Crippen LogP contribution in [0.5, 0.6) is 5.75 Å². The molecule has 25 heavy (non-hydrogen) atoms. The second-order valence-corrected chi connectivity index (χ2v) is 5.92. The fourth-order valence-corrected chi connectivity index (χ4v) is 3.06. The summed E-state index contributed by atoms with van der Waals surface area (Å²) in [7, 11) is 0. The Morgan fingerprint density at radius 3 is 2.76 bits per heavy atom. The van der Waals surface area contributed by atoms with Gasteiger partial charge in [0.15, 0.2) is 6.61 Å². The molecule has 0 saturated carbocycles. The number of ether oxygens (including phenoxy) is 3. The van der Waals surface area contributed by atoms with Crippen LogP contribution < -0.4 is 10.4 Å². The Kier molecular flexibility index (Phi) is 5.71. The smallest absolute Gasteiger partial charge is 0.344 e. The fourth-order valence-electron chi connectivity index (χ4n) is 3.06. The van der Waals surface area contributed by atoms with Gasteiger partial charge in [-0.3, -0.25) is 0 Å². The molecule has 0 bridgehead atoms. The van der Waals surface area contributed by atoms with Crippen LogP contribution in [0.4, 0.5) is 0 Å². The lowest BCUT2D eigenvalue weighted by atomic mass is 9.91. The molecular formula is C19H22O6. The van der Waals surface area contributed by atoms with Crippen LogP contribution in [0.3, 0.4) is 0 Å². The first-order valence-electron chi connectivity index (χ1n) is 8.64. The summed E-state index contributed by atoms with van der Waals surface area (Å²) in [6.07, 6.45) is 3.77. The molecular weight excluding hydrogens is 324 g/mol. The van der Waals surface area contributed by atoms with Crippen molar-refractivity contribution in [1.82, 2.24) is 0 Å². The average Bonchev–Trinajstić information content (AvgIpc) is 2.63. The molecule has 0 fully saturated rings. The third-order valence-electron chi connectivity index (χ3n) is 4.25. The third-order valence-corrected chi connectivity index (χ3v) is 4.25. The molecule has 0 amide bonds. The standard InChI is InChI=1S/C19H22O6/c1-2-22-9-10-23-18(20)12-24-13-7-8-15-14-5-3-4-6-16(14)19(21)25-17(15)11-13/h7-8,11H,2-6,9-10,12H2,1H3. The number of carbonyl (C=O) groups is 1. The van der Waals surface area contributed by atoms with E-state index in [0.717, 1.165) is 42.2 Å². The van der Waals surface area contributed by atoms with Crippen molar-refractivity contribution < 1.29 is 23.4 Å². The lowest BCUT2D eigenvalue weighted by molar-refractivity contribution is -0.147. The van der Waals surface area contributed by atoms with Crippen molar-refractivity contribution in [3.05, 3.63) is 39.7 Å². The first-order chi connectivity index (χ1) is 12.2. The van der Waals surface area contributed by atoms with Gasteiger partial charge in [-0.1, -0.05) is 0 Å². The maximum Gasteiger partial charge on any atom is 0.344 e. The van der Waals surface area contributed by atoms with Crippen LogP contribution in [-0.2, 0) is 27.1 Å². The molecule has 0 spiro atoms. The Balaban J connectivity index is 1.67. The van der Waals surface area contributed by atoms with Crippen LogP contribution in [0.2, 0.25) is 0 Å². The Morgan fingerprint density at radius 2 is 1.96 bits per heavy atom. The maximum absolute atomic E-state index is 12.1. The van der Waals surface area contributed by atoms with Gasteiger partial charge in [0.2, 0.25) is 0 Å². The summed E-state index contributed by atoms with van der Waals surface area (Å²) in [6.45, 7) is 2.83. The molecule has 6 nitrogen and oxygen atoms in total. The van der Waals surface area contributed by atoms with Crippen LogP contribution in [-0.4, -0.2) is 32.4 Å². The minimum absolute atomic E-state index is 0.202. The van der Waals surface area contributed by atoms with E-state index in [-0.39, 0.29) is 18.8 Å². The van der Waals surface area contributed by atoms with Gasteiger partial charge < -0.3 is 18.6 Å². The lowest BCUT2D eigenvalue weighted by Gasteiger charge is -2.16. The van der Waals surface area contributed by atoms with Gasteiger partial charge >= 0.3 is 11.6 Å². The topological polar surface area (TPSA) is 75.0 Å². The molecule has 0 radical (unpaired) electrons. The minimum atomic E-state index is -0.466. The van der Waals surface area contributed by atoms with Gasteiger partial charge in [-0.25, -0.2) is 9.59 Å². The zero-order valence-electron chi connectivity index (χ0n) is 14.3. The molecule has 0 unspecified atom stereocenters. The maximum atomic E-state index is 12.1. The van der Waals surface area contributed by atoms with Crippen molar-refractivity contribution in [3.63, 3.8) is 0 Å². The van der Waals surface area contributed by atoms with E-state index in [1.165, 1.54) is 0 Å².